The summed E-state index contributed by atoms with van der Waals surface area (Å²) in [6.07, 6.45) is 0. The molecule has 0 spiro atoms. The molecule has 0 aliphatic heterocycles. The van der Waals surface area contributed by atoms with Gasteiger partial charge in [-0.3, -0.25) is 0 Å². The third-order valence-corrected chi connectivity index (χ3v) is 11.0. The number of anilines is 3. The number of para-hydroxylation sites is 1. The monoisotopic (exact) mass is 640 g/mol. The van der Waals surface area contributed by atoms with Gasteiger partial charge in [0.25, 0.3) is 0 Å². The zero-order valence-electron chi connectivity index (χ0n) is 28.5. The summed E-state index contributed by atoms with van der Waals surface area (Å²) < 4.78 is 2.43. The summed E-state index contributed by atoms with van der Waals surface area (Å²) in [6.45, 7) is 6.85. The largest absolute Gasteiger partial charge is 0.310 e. The first-order chi connectivity index (χ1) is 24.5. The van der Waals surface area contributed by atoms with Crippen molar-refractivity contribution >= 4 is 49.6 Å². The summed E-state index contributed by atoms with van der Waals surface area (Å²) >= 11 is 0. The maximum absolute atomic E-state index is 2.43. The van der Waals surface area contributed by atoms with Crippen molar-refractivity contribution in [3.05, 3.63) is 180 Å². The number of aryl methyl sites for hydroxylation is 1. The van der Waals surface area contributed by atoms with Crippen LogP contribution in [0.25, 0.3) is 60.5 Å². The van der Waals surface area contributed by atoms with Crippen LogP contribution < -0.4 is 4.90 Å². The standard InChI is InChI=1S/C48H36N2/c1-31-16-22-37(23-17-31)49(39-26-27-41-40-13-7-8-14-42(40)48(2,3)43(41)30-39)38-24-20-32(21-25-38)35-28-34-19-18-33-10-9-15-44-46(33)47(34)45(29-35)50(44)36-11-5-4-6-12-36/h4-30H,1-3H3. The van der Waals surface area contributed by atoms with Gasteiger partial charge in [-0.1, -0.05) is 116 Å². The Kier molecular flexibility index (Phi) is 6.17. The summed E-state index contributed by atoms with van der Waals surface area (Å²) in [7, 11) is 0. The predicted octanol–water partition coefficient (Wildman–Crippen LogP) is 13.1. The van der Waals surface area contributed by atoms with Crippen LogP contribution in [0.15, 0.2) is 164 Å². The highest BCUT2D eigenvalue weighted by Gasteiger charge is 2.35. The van der Waals surface area contributed by atoms with E-state index in [1.165, 1.54) is 82.9 Å². The molecule has 50 heavy (non-hydrogen) atoms. The summed E-state index contributed by atoms with van der Waals surface area (Å²) in [5.74, 6) is 0. The Hall–Kier alpha value is -6.12. The van der Waals surface area contributed by atoms with Crippen LogP contribution in [0.1, 0.15) is 30.5 Å². The molecule has 9 aromatic rings. The molecule has 0 saturated carbocycles. The summed E-state index contributed by atoms with van der Waals surface area (Å²) in [5, 5.41) is 5.21. The van der Waals surface area contributed by atoms with Gasteiger partial charge >= 0.3 is 0 Å². The second-order valence-corrected chi connectivity index (χ2v) is 14.3. The molecular formula is C48H36N2. The highest BCUT2D eigenvalue weighted by atomic mass is 15.1. The average Bonchev–Trinajstić information content (AvgIpc) is 3.61. The summed E-state index contributed by atoms with van der Waals surface area (Å²) in [4.78, 5) is 2.40. The SMILES string of the molecule is Cc1ccc(N(c2ccc(-c3cc4ccc5cccc6c5c4c(c3)n6-c3ccccc3)cc2)c2ccc3c(c2)C(C)(C)c2ccccc2-3)cc1. The molecule has 2 heteroatoms. The Bertz CT molecular complexity index is 2710. The molecule has 238 valence electrons. The van der Waals surface area contributed by atoms with E-state index >= 15 is 0 Å². The van der Waals surface area contributed by atoms with Gasteiger partial charge < -0.3 is 9.47 Å². The number of benzene rings is 8. The quantitative estimate of drug-likeness (QED) is 0.170. The van der Waals surface area contributed by atoms with Gasteiger partial charge in [0.15, 0.2) is 0 Å². The van der Waals surface area contributed by atoms with Gasteiger partial charge in [0.2, 0.25) is 0 Å². The molecule has 0 unspecified atom stereocenters. The Labute approximate surface area is 292 Å². The third kappa shape index (κ3) is 4.21. The Morgan fingerprint density at radius 1 is 0.460 bits per heavy atom. The van der Waals surface area contributed by atoms with Crippen LogP contribution >= 0.6 is 0 Å². The van der Waals surface area contributed by atoms with Gasteiger partial charge in [0, 0.05) is 38.9 Å². The maximum atomic E-state index is 2.43. The number of aromatic nitrogens is 1. The Morgan fingerprint density at radius 2 is 1.12 bits per heavy atom. The molecular weight excluding hydrogens is 605 g/mol. The van der Waals surface area contributed by atoms with Gasteiger partial charge in [-0.05, 0) is 118 Å². The minimum Gasteiger partial charge on any atom is -0.310 e. The molecule has 1 aliphatic rings. The van der Waals surface area contributed by atoms with E-state index in [9.17, 15) is 0 Å². The van der Waals surface area contributed by atoms with Crippen molar-refractivity contribution in [2.24, 2.45) is 0 Å². The lowest BCUT2D eigenvalue weighted by molar-refractivity contribution is 0.660. The molecule has 0 fully saturated rings. The van der Waals surface area contributed by atoms with Crippen LogP contribution in [0, 0.1) is 6.92 Å². The molecule has 2 nitrogen and oxygen atoms in total. The van der Waals surface area contributed by atoms with Crippen molar-refractivity contribution in [2.45, 2.75) is 26.2 Å². The van der Waals surface area contributed by atoms with E-state index in [2.05, 4.69) is 194 Å². The zero-order chi connectivity index (χ0) is 33.6. The second-order valence-electron chi connectivity index (χ2n) is 14.3. The van der Waals surface area contributed by atoms with Crippen LogP contribution in [-0.4, -0.2) is 4.57 Å². The van der Waals surface area contributed by atoms with Crippen LogP contribution in [0.2, 0.25) is 0 Å². The van der Waals surface area contributed by atoms with E-state index < -0.39 is 0 Å². The molecule has 0 amide bonds. The lowest BCUT2D eigenvalue weighted by Crippen LogP contribution is -2.16. The van der Waals surface area contributed by atoms with Crippen LogP contribution in [0.3, 0.4) is 0 Å². The van der Waals surface area contributed by atoms with Gasteiger partial charge in [0.1, 0.15) is 0 Å². The van der Waals surface area contributed by atoms with E-state index in [1.54, 1.807) is 0 Å². The van der Waals surface area contributed by atoms with Crippen molar-refractivity contribution in [2.75, 3.05) is 4.90 Å². The highest BCUT2D eigenvalue weighted by molar-refractivity contribution is 6.25. The van der Waals surface area contributed by atoms with Crippen LogP contribution in [0.4, 0.5) is 17.1 Å². The topological polar surface area (TPSA) is 8.17 Å². The summed E-state index contributed by atoms with van der Waals surface area (Å²) in [5.41, 5.74) is 16.2. The fraction of sp³-hybridized carbons (Fsp3) is 0.0833. The molecule has 1 aromatic heterocycles. The second kappa shape index (κ2) is 10.7. The lowest BCUT2D eigenvalue weighted by Gasteiger charge is -2.28. The number of hydrogen-bond acceptors (Lipinski definition) is 1. The fourth-order valence-corrected chi connectivity index (χ4v) is 8.49. The maximum Gasteiger partial charge on any atom is 0.0553 e. The number of fused-ring (bicyclic) bond motifs is 3. The van der Waals surface area contributed by atoms with Crippen LogP contribution in [0.5, 0.6) is 0 Å². The van der Waals surface area contributed by atoms with Crippen molar-refractivity contribution in [1.82, 2.24) is 4.57 Å². The van der Waals surface area contributed by atoms with Gasteiger partial charge in [0.05, 0.1) is 11.0 Å². The molecule has 0 atom stereocenters. The highest BCUT2D eigenvalue weighted by Crippen LogP contribution is 2.50. The predicted molar refractivity (Wildman–Crippen MR) is 212 cm³/mol. The van der Waals surface area contributed by atoms with E-state index in [4.69, 9.17) is 0 Å². The van der Waals surface area contributed by atoms with E-state index in [0.29, 0.717) is 0 Å². The van der Waals surface area contributed by atoms with Gasteiger partial charge in [-0.2, -0.15) is 0 Å². The minimum absolute atomic E-state index is 0.0684. The number of rotatable bonds is 5. The zero-order valence-corrected chi connectivity index (χ0v) is 28.5. The van der Waals surface area contributed by atoms with E-state index in [0.717, 1.165) is 11.4 Å². The molecule has 8 aromatic carbocycles. The number of hydrogen-bond donors (Lipinski definition) is 0. The fourth-order valence-electron chi connectivity index (χ4n) is 8.49. The van der Waals surface area contributed by atoms with Crippen LogP contribution in [-0.2, 0) is 5.41 Å². The third-order valence-electron chi connectivity index (χ3n) is 11.0. The first-order valence-electron chi connectivity index (χ1n) is 17.5. The van der Waals surface area contributed by atoms with Crippen molar-refractivity contribution in [3.63, 3.8) is 0 Å². The molecule has 0 bridgehead atoms. The Balaban J connectivity index is 1.11. The molecule has 10 rings (SSSR count). The molecule has 1 aliphatic carbocycles. The molecule has 1 heterocycles. The van der Waals surface area contributed by atoms with Gasteiger partial charge in [-0.15, -0.1) is 0 Å². The minimum atomic E-state index is -0.0684. The van der Waals surface area contributed by atoms with Crippen molar-refractivity contribution < 1.29 is 0 Å². The van der Waals surface area contributed by atoms with Crippen molar-refractivity contribution in [1.29, 1.82) is 0 Å². The first-order valence-corrected chi connectivity index (χ1v) is 17.5. The number of nitrogens with zero attached hydrogens (tertiary/aromatic N) is 2. The normalized spacial score (nSPS) is 13.3. The average molecular weight is 641 g/mol. The molecule has 0 saturated heterocycles. The van der Waals surface area contributed by atoms with E-state index in [1.807, 2.05) is 0 Å². The molecule has 0 N–H and O–H groups in total. The lowest BCUT2D eigenvalue weighted by atomic mass is 9.82. The van der Waals surface area contributed by atoms with E-state index in [-0.39, 0.29) is 5.41 Å². The first kappa shape index (κ1) is 28.9. The Morgan fingerprint density at radius 3 is 1.92 bits per heavy atom. The summed E-state index contributed by atoms with van der Waals surface area (Å²) in [6, 6.07) is 60.5. The van der Waals surface area contributed by atoms with Crippen molar-refractivity contribution in [3.8, 4) is 27.9 Å². The van der Waals surface area contributed by atoms with Gasteiger partial charge in [-0.25, -0.2) is 0 Å². The smallest absolute Gasteiger partial charge is 0.0553 e. The molecule has 0 radical (unpaired) electrons.